The number of nitrogens with zero attached hydrogens (tertiary/aromatic N) is 1. The number of ether oxygens (including phenoxy) is 2. The molecule has 0 atom stereocenters. The Labute approximate surface area is 172 Å². The maximum absolute atomic E-state index is 13.1. The molecule has 6 heteroatoms. The molecule has 1 heterocycles. The Morgan fingerprint density at radius 2 is 1.72 bits per heavy atom. The van der Waals surface area contributed by atoms with Crippen LogP contribution in [0.3, 0.4) is 0 Å². The van der Waals surface area contributed by atoms with Crippen LogP contribution in [0.4, 0.5) is 10.5 Å². The number of fused-ring (bicyclic) bond motifs is 1. The average Bonchev–Trinajstić information content (AvgIpc) is 3.02. The second kappa shape index (κ2) is 8.01. The molecule has 0 N–H and O–H groups in total. The molecule has 4 rings (SSSR count). The smallest absolute Gasteiger partial charge is 0.298 e. The van der Waals surface area contributed by atoms with Crippen molar-refractivity contribution in [2.75, 3.05) is 18.6 Å². The number of rotatable bonds is 5. The lowest BCUT2D eigenvalue weighted by Crippen LogP contribution is -2.28. The van der Waals surface area contributed by atoms with E-state index in [-0.39, 0.29) is 11.1 Å². The number of anilines is 1. The first-order chi connectivity index (χ1) is 14.1. The maximum atomic E-state index is 13.1. The van der Waals surface area contributed by atoms with Crippen molar-refractivity contribution >= 4 is 45.4 Å². The van der Waals surface area contributed by atoms with E-state index in [1.165, 1.54) is 7.11 Å². The molecule has 3 aromatic rings. The molecule has 29 heavy (non-hydrogen) atoms. The number of carbonyl (C=O) groups excluding carboxylic acids is 2. The number of thioether (sulfide) groups is 1. The molecule has 1 fully saturated rings. The van der Waals surface area contributed by atoms with Crippen molar-refractivity contribution in [2.45, 2.75) is 6.92 Å². The molecule has 1 aliphatic rings. The molecule has 0 spiro atoms. The van der Waals surface area contributed by atoms with Gasteiger partial charge < -0.3 is 9.47 Å². The van der Waals surface area contributed by atoms with E-state index in [1.54, 1.807) is 30.3 Å². The molecule has 5 nitrogen and oxygen atoms in total. The molecular formula is C23H19NO4S. The van der Waals surface area contributed by atoms with Crippen molar-refractivity contribution in [3.8, 4) is 11.5 Å². The van der Waals surface area contributed by atoms with Crippen LogP contribution >= 0.6 is 11.8 Å². The highest BCUT2D eigenvalue weighted by atomic mass is 32.2. The Bertz CT molecular complexity index is 1140. The summed E-state index contributed by atoms with van der Waals surface area (Å²) in [5.74, 6) is 0.770. The Balaban J connectivity index is 1.81. The second-order valence-electron chi connectivity index (χ2n) is 6.32. The molecule has 0 saturated carbocycles. The number of carbonyl (C=O) groups is 2. The Morgan fingerprint density at radius 3 is 2.52 bits per heavy atom. The van der Waals surface area contributed by atoms with Crippen molar-refractivity contribution in [2.24, 2.45) is 0 Å². The fourth-order valence-electron chi connectivity index (χ4n) is 3.33. The predicted octanol–water partition coefficient (Wildman–Crippen LogP) is 5.49. The summed E-state index contributed by atoms with van der Waals surface area (Å²) in [5, 5.41) is 1.64. The first-order valence-corrected chi connectivity index (χ1v) is 10.0. The van der Waals surface area contributed by atoms with E-state index in [0.717, 1.165) is 33.0 Å². The van der Waals surface area contributed by atoms with Gasteiger partial charge in [0.25, 0.3) is 11.1 Å². The van der Waals surface area contributed by atoms with Gasteiger partial charge in [0.15, 0.2) is 0 Å². The predicted molar refractivity (Wildman–Crippen MR) is 117 cm³/mol. The first kappa shape index (κ1) is 19.1. The van der Waals surface area contributed by atoms with Crippen LogP contribution in [0.15, 0.2) is 65.6 Å². The molecule has 1 aliphatic heterocycles. The van der Waals surface area contributed by atoms with Crippen LogP contribution in [-0.2, 0) is 4.79 Å². The fourth-order valence-corrected chi connectivity index (χ4v) is 4.14. The van der Waals surface area contributed by atoms with E-state index in [4.69, 9.17) is 9.47 Å². The summed E-state index contributed by atoms with van der Waals surface area (Å²) < 4.78 is 11.1. The number of methoxy groups -OCH3 is 1. The van der Waals surface area contributed by atoms with Crippen molar-refractivity contribution in [1.29, 1.82) is 0 Å². The lowest BCUT2D eigenvalue weighted by Gasteiger charge is -2.15. The topological polar surface area (TPSA) is 55.8 Å². The van der Waals surface area contributed by atoms with E-state index >= 15 is 0 Å². The first-order valence-electron chi connectivity index (χ1n) is 9.19. The molecular weight excluding hydrogens is 386 g/mol. The van der Waals surface area contributed by atoms with E-state index < -0.39 is 0 Å². The molecule has 0 radical (unpaired) electrons. The minimum atomic E-state index is -0.375. The maximum Gasteiger partial charge on any atom is 0.298 e. The van der Waals surface area contributed by atoms with Gasteiger partial charge in [-0.15, -0.1) is 0 Å². The van der Waals surface area contributed by atoms with Crippen LogP contribution in [-0.4, -0.2) is 24.9 Å². The minimum absolute atomic E-state index is 0.346. The van der Waals surface area contributed by atoms with E-state index in [2.05, 4.69) is 0 Å². The lowest BCUT2D eigenvalue weighted by atomic mass is 10.0. The summed E-state index contributed by atoms with van der Waals surface area (Å²) >= 11 is 0.913. The number of amides is 2. The zero-order chi connectivity index (χ0) is 20.4. The summed E-state index contributed by atoms with van der Waals surface area (Å²) in [5.41, 5.74) is 1.22. The fraction of sp³-hybridized carbons (Fsp3) is 0.130. The van der Waals surface area contributed by atoms with E-state index in [0.29, 0.717) is 28.7 Å². The molecule has 1 saturated heterocycles. The number of benzene rings is 3. The highest BCUT2D eigenvalue weighted by Gasteiger charge is 2.38. The third kappa shape index (κ3) is 3.47. The second-order valence-corrected chi connectivity index (χ2v) is 7.31. The monoisotopic (exact) mass is 405 g/mol. The molecule has 146 valence electrons. The number of hydrogen-bond donors (Lipinski definition) is 0. The number of imide groups is 1. The van der Waals surface area contributed by atoms with E-state index in [9.17, 15) is 9.59 Å². The van der Waals surface area contributed by atoms with Crippen molar-refractivity contribution in [3.05, 3.63) is 71.1 Å². The molecule has 0 unspecified atom stereocenters. The van der Waals surface area contributed by atoms with Crippen LogP contribution < -0.4 is 14.4 Å². The lowest BCUT2D eigenvalue weighted by molar-refractivity contribution is -0.113. The van der Waals surface area contributed by atoms with Gasteiger partial charge in [-0.1, -0.05) is 42.5 Å². The summed E-state index contributed by atoms with van der Waals surface area (Å²) in [6.45, 7) is 2.41. The zero-order valence-electron chi connectivity index (χ0n) is 16.0. The van der Waals surface area contributed by atoms with Gasteiger partial charge in [0, 0.05) is 5.56 Å². The van der Waals surface area contributed by atoms with Gasteiger partial charge in [0.1, 0.15) is 11.5 Å². The van der Waals surface area contributed by atoms with E-state index in [1.807, 2.05) is 43.3 Å². The minimum Gasteiger partial charge on any atom is -0.495 e. The number of para-hydroxylation sites is 2. The van der Waals surface area contributed by atoms with Crippen molar-refractivity contribution < 1.29 is 19.1 Å². The van der Waals surface area contributed by atoms with Gasteiger partial charge >= 0.3 is 0 Å². The van der Waals surface area contributed by atoms with Crippen LogP contribution in [0.25, 0.3) is 16.8 Å². The molecule has 0 bridgehead atoms. The summed E-state index contributed by atoms with van der Waals surface area (Å²) in [6.07, 6.45) is 1.74. The van der Waals surface area contributed by atoms with Gasteiger partial charge in [0.05, 0.1) is 24.3 Å². The highest BCUT2D eigenvalue weighted by Crippen LogP contribution is 2.41. The summed E-state index contributed by atoms with van der Waals surface area (Å²) in [6, 6.07) is 18.7. The quantitative estimate of drug-likeness (QED) is 0.526. The normalized spacial score (nSPS) is 15.4. The Kier molecular flexibility index (Phi) is 5.27. The summed E-state index contributed by atoms with van der Waals surface area (Å²) in [4.78, 5) is 27.3. The van der Waals surface area contributed by atoms with Gasteiger partial charge in [-0.05, 0) is 53.7 Å². The number of hydrogen-bond acceptors (Lipinski definition) is 5. The summed E-state index contributed by atoms with van der Waals surface area (Å²) in [7, 11) is 1.51. The van der Waals surface area contributed by atoms with Gasteiger partial charge in [0.2, 0.25) is 0 Å². The highest BCUT2D eigenvalue weighted by molar-refractivity contribution is 8.19. The average molecular weight is 405 g/mol. The largest absolute Gasteiger partial charge is 0.495 e. The van der Waals surface area contributed by atoms with Gasteiger partial charge in [-0.25, -0.2) is 4.90 Å². The SMILES string of the molecule is CCOc1ccc2ccccc2c1/C=C1\SC(=O)N(c2ccccc2OC)C1=O. The molecule has 0 aromatic heterocycles. The molecule has 2 amide bonds. The third-order valence-corrected chi connectivity index (χ3v) is 5.50. The van der Waals surface area contributed by atoms with Crippen LogP contribution in [0, 0.1) is 0 Å². The van der Waals surface area contributed by atoms with Gasteiger partial charge in [-0.3, -0.25) is 9.59 Å². The van der Waals surface area contributed by atoms with Crippen LogP contribution in [0.5, 0.6) is 11.5 Å². The van der Waals surface area contributed by atoms with Crippen LogP contribution in [0.1, 0.15) is 12.5 Å². The van der Waals surface area contributed by atoms with Crippen molar-refractivity contribution in [1.82, 2.24) is 0 Å². The Morgan fingerprint density at radius 1 is 0.966 bits per heavy atom. The third-order valence-electron chi connectivity index (χ3n) is 4.63. The molecule has 3 aromatic carbocycles. The molecule has 0 aliphatic carbocycles. The zero-order valence-corrected chi connectivity index (χ0v) is 16.9. The van der Waals surface area contributed by atoms with Crippen molar-refractivity contribution in [3.63, 3.8) is 0 Å². The van der Waals surface area contributed by atoms with Gasteiger partial charge in [-0.2, -0.15) is 0 Å². The standard InChI is InChI=1S/C23H19NO4S/c1-3-28-19-13-12-15-8-4-5-9-16(15)17(19)14-21-22(25)24(23(26)29-21)18-10-6-7-11-20(18)27-2/h4-14H,3H2,1-2H3/b21-14-. The Hall–Kier alpha value is -3.25. The van der Waals surface area contributed by atoms with Crippen LogP contribution in [0.2, 0.25) is 0 Å².